The quantitative estimate of drug-likeness (QED) is 0.856. The van der Waals surface area contributed by atoms with Crippen LogP contribution in [0.4, 0.5) is 0 Å². The fourth-order valence-corrected chi connectivity index (χ4v) is 4.84. The van der Waals surface area contributed by atoms with Gasteiger partial charge in [0, 0.05) is 17.5 Å². The fraction of sp³-hybridized carbons (Fsp3) is 0.545. The lowest BCUT2D eigenvalue weighted by atomic mass is 10.3. The van der Waals surface area contributed by atoms with Crippen molar-refractivity contribution in [1.82, 2.24) is 9.62 Å². The minimum Gasteiger partial charge on any atom is -0.477 e. The maximum atomic E-state index is 12.2. The predicted molar refractivity (Wildman–Crippen MR) is 72.2 cm³/mol. The molecule has 0 saturated carbocycles. The highest BCUT2D eigenvalue weighted by molar-refractivity contribution is 7.89. The Bertz CT molecular complexity index is 594. The number of carboxylic acid groups (broad SMARTS) is 1. The third kappa shape index (κ3) is 3.14. The molecule has 2 N–H and O–H groups in total. The SMILES string of the molecule is Cc1sc(C(=O)O)cc1S(=O)(=O)NC1CCN(C)C1. The molecule has 0 aliphatic carbocycles. The van der Waals surface area contributed by atoms with E-state index in [1.807, 2.05) is 7.05 Å². The van der Waals surface area contributed by atoms with E-state index in [1.54, 1.807) is 6.92 Å². The Hall–Kier alpha value is -0.960. The third-order valence-electron chi connectivity index (χ3n) is 3.09. The van der Waals surface area contributed by atoms with Gasteiger partial charge in [0.15, 0.2) is 0 Å². The molecule has 1 aromatic heterocycles. The van der Waals surface area contributed by atoms with Crippen molar-refractivity contribution in [2.45, 2.75) is 24.3 Å². The zero-order chi connectivity index (χ0) is 14.2. The van der Waals surface area contributed by atoms with Crippen LogP contribution in [-0.2, 0) is 10.0 Å². The second kappa shape index (κ2) is 5.20. The normalized spacial score (nSPS) is 20.8. The van der Waals surface area contributed by atoms with Gasteiger partial charge in [-0.1, -0.05) is 0 Å². The van der Waals surface area contributed by atoms with Crippen LogP contribution in [0.1, 0.15) is 21.0 Å². The second-order valence-electron chi connectivity index (χ2n) is 4.71. The molecule has 19 heavy (non-hydrogen) atoms. The minimum atomic E-state index is -3.64. The lowest BCUT2D eigenvalue weighted by Gasteiger charge is -2.12. The lowest BCUT2D eigenvalue weighted by molar-refractivity contribution is 0.0702. The number of likely N-dealkylation sites (tertiary alicyclic amines) is 1. The first-order chi connectivity index (χ1) is 8.79. The number of nitrogens with one attached hydrogen (secondary N) is 1. The van der Waals surface area contributed by atoms with Crippen LogP contribution in [-0.4, -0.2) is 50.6 Å². The van der Waals surface area contributed by atoms with Gasteiger partial charge < -0.3 is 10.0 Å². The van der Waals surface area contributed by atoms with E-state index in [0.717, 1.165) is 24.3 Å². The van der Waals surface area contributed by atoms with Gasteiger partial charge in [0.1, 0.15) is 4.88 Å². The summed E-state index contributed by atoms with van der Waals surface area (Å²) >= 11 is 0.979. The van der Waals surface area contributed by atoms with E-state index >= 15 is 0 Å². The number of rotatable bonds is 4. The summed E-state index contributed by atoms with van der Waals surface area (Å²) in [5.74, 6) is -1.10. The average molecular weight is 304 g/mol. The van der Waals surface area contributed by atoms with E-state index in [9.17, 15) is 13.2 Å². The van der Waals surface area contributed by atoms with Gasteiger partial charge >= 0.3 is 5.97 Å². The van der Waals surface area contributed by atoms with Gasteiger partial charge in [-0.3, -0.25) is 0 Å². The topological polar surface area (TPSA) is 86.7 Å². The summed E-state index contributed by atoms with van der Waals surface area (Å²) in [4.78, 5) is 13.5. The molecule has 0 bridgehead atoms. The Morgan fingerprint density at radius 1 is 1.58 bits per heavy atom. The van der Waals surface area contributed by atoms with E-state index in [4.69, 9.17) is 5.11 Å². The predicted octanol–water partition coefficient (Wildman–Crippen LogP) is 0.737. The Kier molecular flexibility index (Phi) is 3.95. The number of aryl methyl sites for hydroxylation is 1. The molecule has 6 nitrogen and oxygen atoms in total. The molecule has 0 aromatic carbocycles. The molecule has 1 aliphatic rings. The molecule has 1 atom stereocenters. The van der Waals surface area contributed by atoms with E-state index in [2.05, 4.69) is 9.62 Å². The van der Waals surface area contributed by atoms with Gasteiger partial charge in [-0.15, -0.1) is 11.3 Å². The molecule has 1 saturated heterocycles. The van der Waals surface area contributed by atoms with Gasteiger partial charge in [-0.05, 0) is 33.0 Å². The second-order valence-corrected chi connectivity index (χ2v) is 7.64. The molecule has 0 amide bonds. The summed E-state index contributed by atoms with van der Waals surface area (Å²) in [6, 6.07) is 1.12. The fourth-order valence-electron chi connectivity index (χ4n) is 2.15. The zero-order valence-electron chi connectivity index (χ0n) is 10.7. The van der Waals surface area contributed by atoms with Crippen molar-refractivity contribution >= 4 is 27.3 Å². The highest BCUT2D eigenvalue weighted by Gasteiger charge is 2.28. The smallest absolute Gasteiger partial charge is 0.345 e. The van der Waals surface area contributed by atoms with Crippen molar-refractivity contribution in [3.8, 4) is 0 Å². The molecule has 0 radical (unpaired) electrons. The molecule has 106 valence electrons. The molecular weight excluding hydrogens is 288 g/mol. The molecule has 2 heterocycles. The van der Waals surface area contributed by atoms with Crippen molar-refractivity contribution in [3.05, 3.63) is 15.8 Å². The summed E-state index contributed by atoms with van der Waals surface area (Å²) < 4.78 is 27.1. The molecular formula is C11H16N2O4S2. The summed E-state index contributed by atoms with van der Waals surface area (Å²) in [5.41, 5.74) is 0. The van der Waals surface area contributed by atoms with Crippen LogP contribution in [0.3, 0.4) is 0 Å². The van der Waals surface area contributed by atoms with E-state index in [-0.39, 0.29) is 15.8 Å². The van der Waals surface area contributed by atoms with Crippen molar-refractivity contribution in [3.63, 3.8) is 0 Å². The van der Waals surface area contributed by atoms with Gasteiger partial charge in [0.25, 0.3) is 0 Å². The van der Waals surface area contributed by atoms with E-state index in [1.165, 1.54) is 6.07 Å². The first-order valence-electron chi connectivity index (χ1n) is 5.84. The van der Waals surface area contributed by atoms with Crippen LogP contribution in [0.25, 0.3) is 0 Å². The number of sulfonamides is 1. The first-order valence-corrected chi connectivity index (χ1v) is 8.14. The third-order valence-corrected chi connectivity index (χ3v) is 5.90. The Morgan fingerprint density at radius 2 is 2.26 bits per heavy atom. The van der Waals surface area contributed by atoms with Gasteiger partial charge in [0.05, 0.1) is 4.90 Å². The number of carbonyl (C=O) groups is 1. The van der Waals surface area contributed by atoms with Gasteiger partial charge in [-0.2, -0.15) is 0 Å². The number of aromatic carboxylic acids is 1. The largest absolute Gasteiger partial charge is 0.477 e. The molecule has 1 aliphatic heterocycles. The van der Waals surface area contributed by atoms with E-state index in [0.29, 0.717) is 11.4 Å². The van der Waals surface area contributed by atoms with E-state index < -0.39 is 16.0 Å². The van der Waals surface area contributed by atoms with Crippen LogP contribution < -0.4 is 4.72 Å². The number of hydrogen-bond donors (Lipinski definition) is 2. The highest BCUT2D eigenvalue weighted by atomic mass is 32.2. The Labute approximate surface area is 116 Å². The summed E-state index contributed by atoms with van der Waals surface area (Å²) in [5, 5.41) is 8.90. The van der Waals surface area contributed by atoms with Crippen molar-refractivity contribution in [2.24, 2.45) is 0 Å². The lowest BCUT2D eigenvalue weighted by Crippen LogP contribution is -2.36. The summed E-state index contributed by atoms with van der Waals surface area (Å²) in [6.07, 6.45) is 0.769. The molecule has 1 unspecified atom stereocenters. The molecule has 8 heteroatoms. The summed E-state index contributed by atoms with van der Waals surface area (Å²) in [6.45, 7) is 3.15. The number of carboxylic acids is 1. The van der Waals surface area contributed by atoms with Gasteiger partial charge in [0.2, 0.25) is 10.0 Å². The number of likely N-dealkylation sites (N-methyl/N-ethyl adjacent to an activating group) is 1. The molecule has 0 spiro atoms. The van der Waals surface area contributed by atoms with Crippen molar-refractivity contribution < 1.29 is 18.3 Å². The number of hydrogen-bond acceptors (Lipinski definition) is 5. The summed E-state index contributed by atoms with van der Waals surface area (Å²) in [7, 11) is -1.70. The van der Waals surface area contributed by atoms with Crippen LogP contribution in [0.15, 0.2) is 11.0 Å². The molecule has 1 fully saturated rings. The highest BCUT2D eigenvalue weighted by Crippen LogP contribution is 2.26. The maximum Gasteiger partial charge on any atom is 0.345 e. The van der Waals surface area contributed by atoms with Crippen LogP contribution in [0, 0.1) is 6.92 Å². The number of thiophene rings is 1. The van der Waals surface area contributed by atoms with Crippen LogP contribution in [0.5, 0.6) is 0 Å². The first kappa shape index (κ1) is 14.4. The van der Waals surface area contributed by atoms with Crippen LogP contribution >= 0.6 is 11.3 Å². The average Bonchev–Trinajstić information content (AvgIpc) is 2.85. The number of nitrogens with zero attached hydrogens (tertiary/aromatic N) is 1. The Morgan fingerprint density at radius 3 is 2.74 bits per heavy atom. The van der Waals surface area contributed by atoms with Gasteiger partial charge in [-0.25, -0.2) is 17.9 Å². The monoisotopic (exact) mass is 304 g/mol. The zero-order valence-corrected chi connectivity index (χ0v) is 12.3. The van der Waals surface area contributed by atoms with Crippen LogP contribution in [0.2, 0.25) is 0 Å². The standard InChI is InChI=1S/C11H16N2O4S2/c1-7-10(5-9(18-7)11(14)15)19(16,17)12-8-3-4-13(2)6-8/h5,8,12H,3-4,6H2,1-2H3,(H,14,15). The Balaban J connectivity index is 2.22. The van der Waals surface area contributed by atoms with Crippen molar-refractivity contribution in [2.75, 3.05) is 20.1 Å². The minimum absolute atomic E-state index is 0.0430. The molecule has 1 aromatic rings. The maximum absolute atomic E-state index is 12.2. The molecule has 2 rings (SSSR count). The van der Waals surface area contributed by atoms with Crippen molar-refractivity contribution in [1.29, 1.82) is 0 Å².